The molecule has 1 aromatic heterocycles. The van der Waals surface area contributed by atoms with Gasteiger partial charge in [-0.15, -0.1) is 11.3 Å². The Morgan fingerprint density at radius 1 is 1.64 bits per heavy atom. The van der Waals surface area contributed by atoms with Gasteiger partial charge in [0.1, 0.15) is 4.88 Å². The predicted molar refractivity (Wildman–Crippen MR) is 49.8 cm³/mol. The van der Waals surface area contributed by atoms with Crippen molar-refractivity contribution < 1.29 is 14.7 Å². The molecule has 14 heavy (non-hydrogen) atoms. The van der Waals surface area contributed by atoms with E-state index in [1.54, 1.807) is 0 Å². The summed E-state index contributed by atoms with van der Waals surface area (Å²) in [6, 6.07) is 0. The van der Waals surface area contributed by atoms with Gasteiger partial charge in [-0.3, -0.25) is 4.79 Å². The lowest BCUT2D eigenvalue weighted by atomic mass is 10.3. The van der Waals surface area contributed by atoms with Crippen molar-refractivity contribution in [3.63, 3.8) is 0 Å². The minimum absolute atomic E-state index is 0.0864. The summed E-state index contributed by atoms with van der Waals surface area (Å²) < 4.78 is 0. The monoisotopic (exact) mass is 210 g/mol. The van der Waals surface area contributed by atoms with Crippen molar-refractivity contribution in [1.82, 2.24) is 4.98 Å². The standard InChI is InChI=1S/C8H6N2O3S/c9-6(11)3-1-2-5-7(8(12)13)10-4-14-5/h4H,3H2,(H2,9,11)(H,12,13). The Morgan fingerprint density at radius 2 is 2.36 bits per heavy atom. The number of carboxylic acids is 1. The molecule has 0 fully saturated rings. The SMILES string of the molecule is NC(=O)CC#Cc1scnc1C(=O)O. The van der Waals surface area contributed by atoms with Crippen LogP contribution >= 0.6 is 11.3 Å². The quantitative estimate of drug-likeness (QED) is 0.675. The van der Waals surface area contributed by atoms with Crippen molar-refractivity contribution in [2.24, 2.45) is 5.73 Å². The Bertz CT molecular complexity index is 427. The summed E-state index contributed by atoms with van der Waals surface area (Å²) in [6.45, 7) is 0. The highest BCUT2D eigenvalue weighted by molar-refractivity contribution is 7.10. The molecule has 0 aromatic carbocycles. The lowest BCUT2D eigenvalue weighted by molar-refractivity contribution is -0.117. The first-order chi connectivity index (χ1) is 6.61. The number of carbonyl (C=O) groups excluding carboxylic acids is 1. The minimum atomic E-state index is -1.13. The third-order valence-electron chi connectivity index (χ3n) is 1.23. The van der Waals surface area contributed by atoms with Crippen LogP contribution in [0.4, 0.5) is 0 Å². The van der Waals surface area contributed by atoms with Gasteiger partial charge < -0.3 is 10.8 Å². The van der Waals surface area contributed by atoms with Crippen LogP contribution in [0, 0.1) is 11.8 Å². The van der Waals surface area contributed by atoms with Gasteiger partial charge in [-0.2, -0.15) is 0 Å². The molecule has 72 valence electrons. The van der Waals surface area contributed by atoms with Gasteiger partial charge >= 0.3 is 5.97 Å². The van der Waals surface area contributed by atoms with E-state index in [1.165, 1.54) is 5.51 Å². The van der Waals surface area contributed by atoms with E-state index < -0.39 is 11.9 Å². The van der Waals surface area contributed by atoms with Crippen LogP contribution < -0.4 is 5.73 Å². The number of rotatable bonds is 2. The van der Waals surface area contributed by atoms with Crippen LogP contribution in [0.3, 0.4) is 0 Å². The number of aromatic nitrogens is 1. The topological polar surface area (TPSA) is 93.3 Å². The molecule has 1 aromatic rings. The Morgan fingerprint density at radius 3 is 2.93 bits per heavy atom. The fraction of sp³-hybridized carbons (Fsp3) is 0.125. The molecule has 0 radical (unpaired) electrons. The first-order valence-corrected chi connectivity index (χ1v) is 4.43. The van der Waals surface area contributed by atoms with Crippen LogP contribution in [0.5, 0.6) is 0 Å². The molecule has 5 nitrogen and oxygen atoms in total. The highest BCUT2D eigenvalue weighted by atomic mass is 32.1. The number of hydrogen-bond acceptors (Lipinski definition) is 4. The van der Waals surface area contributed by atoms with Crippen molar-refractivity contribution in [2.75, 3.05) is 0 Å². The van der Waals surface area contributed by atoms with E-state index in [0.29, 0.717) is 4.88 Å². The van der Waals surface area contributed by atoms with E-state index in [2.05, 4.69) is 16.8 Å². The summed E-state index contributed by atoms with van der Waals surface area (Å²) >= 11 is 1.11. The van der Waals surface area contributed by atoms with E-state index >= 15 is 0 Å². The average Bonchev–Trinajstić information content (AvgIpc) is 2.51. The molecular weight excluding hydrogens is 204 g/mol. The molecule has 1 heterocycles. The van der Waals surface area contributed by atoms with Gasteiger partial charge in [-0.1, -0.05) is 11.8 Å². The molecule has 6 heteroatoms. The van der Waals surface area contributed by atoms with Crippen molar-refractivity contribution in [2.45, 2.75) is 6.42 Å². The van der Waals surface area contributed by atoms with Gasteiger partial charge in [-0.05, 0) is 0 Å². The molecule has 1 rings (SSSR count). The Labute approximate surface area is 83.6 Å². The largest absolute Gasteiger partial charge is 0.476 e. The average molecular weight is 210 g/mol. The van der Waals surface area contributed by atoms with Crippen LogP contribution in [0.2, 0.25) is 0 Å². The van der Waals surface area contributed by atoms with Gasteiger partial charge in [0.05, 0.1) is 11.9 Å². The van der Waals surface area contributed by atoms with E-state index in [1.807, 2.05) is 0 Å². The predicted octanol–water partition coefficient (Wildman–Crippen LogP) is 0.0682. The first kappa shape index (κ1) is 10.2. The third-order valence-corrected chi connectivity index (χ3v) is 1.98. The normalized spacial score (nSPS) is 8.86. The van der Waals surface area contributed by atoms with Gasteiger partial charge in [0.2, 0.25) is 5.91 Å². The zero-order valence-electron chi connectivity index (χ0n) is 6.98. The Balaban J connectivity index is 2.84. The number of amides is 1. The van der Waals surface area contributed by atoms with E-state index in [0.717, 1.165) is 11.3 Å². The summed E-state index contributed by atoms with van der Waals surface area (Å²) in [5, 5.41) is 8.65. The van der Waals surface area contributed by atoms with Gasteiger partial charge in [0.15, 0.2) is 5.69 Å². The number of aromatic carboxylic acids is 1. The van der Waals surface area contributed by atoms with E-state index in [4.69, 9.17) is 10.8 Å². The molecule has 1 amide bonds. The lowest BCUT2D eigenvalue weighted by Crippen LogP contribution is -2.08. The maximum Gasteiger partial charge on any atom is 0.356 e. The van der Waals surface area contributed by atoms with Crippen LogP contribution in [0.15, 0.2) is 5.51 Å². The summed E-state index contributed by atoms with van der Waals surface area (Å²) in [5.41, 5.74) is 6.16. The summed E-state index contributed by atoms with van der Waals surface area (Å²) in [4.78, 5) is 24.8. The number of carboxylic acid groups (broad SMARTS) is 1. The molecule has 0 saturated carbocycles. The summed E-state index contributed by atoms with van der Waals surface area (Å²) in [5.74, 6) is 3.32. The second-order valence-electron chi connectivity index (χ2n) is 2.28. The summed E-state index contributed by atoms with van der Waals surface area (Å²) in [7, 11) is 0. The van der Waals surface area contributed by atoms with Crippen molar-refractivity contribution in [3.8, 4) is 11.8 Å². The molecule has 0 aliphatic rings. The summed E-state index contributed by atoms with van der Waals surface area (Å²) in [6.07, 6.45) is -0.0864. The minimum Gasteiger partial charge on any atom is -0.476 e. The number of hydrogen-bond donors (Lipinski definition) is 2. The molecule has 0 aliphatic carbocycles. The third kappa shape index (κ3) is 2.57. The zero-order chi connectivity index (χ0) is 10.6. The smallest absolute Gasteiger partial charge is 0.356 e. The van der Waals surface area contributed by atoms with Crippen LogP contribution in [-0.2, 0) is 4.79 Å². The Hall–Kier alpha value is -1.87. The Kier molecular flexibility index (Phi) is 3.20. The molecule has 0 bridgehead atoms. The molecule has 0 aliphatic heterocycles. The van der Waals surface area contributed by atoms with Gasteiger partial charge in [-0.25, -0.2) is 9.78 Å². The molecular formula is C8H6N2O3S. The zero-order valence-corrected chi connectivity index (χ0v) is 7.80. The molecule has 0 spiro atoms. The highest BCUT2D eigenvalue weighted by Gasteiger charge is 2.10. The number of carbonyl (C=O) groups is 2. The molecule has 3 N–H and O–H groups in total. The second-order valence-corrected chi connectivity index (χ2v) is 3.13. The van der Waals surface area contributed by atoms with Crippen molar-refractivity contribution >= 4 is 23.2 Å². The number of thiazole rings is 1. The number of primary amides is 1. The van der Waals surface area contributed by atoms with Gasteiger partial charge in [0.25, 0.3) is 0 Å². The van der Waals surface area contributed by atoms with E-state index in [-0.39, 0.29) is 12.1 Å². The van der Waals surface area contributed by atoms with Crippen molar-refractivity contribution in [3.05, 3.63) is 16.1 Å². The molecule has 0 saturated heterocycles. The van der Waals surface area contributed by atoms with Crippen LogP contribution in [0.1, 0.15) is 21.8 Å². The maximum atomic E-state index is 10.6. The lowest BCUT2D eigenvalue weighted by Gasteiger charge is -1.86. The number of nitrogens with two attached hydrogens (primary N) is 1. The second kappa shape index (κ2) is 4.39. The van der Waals surface area contributed by atoms with Crippen LogP contribution in [-0.4, -0.2) is 22.0 Å². The fourth-order valence-electron chi connectivity index (χ4n) is 0.699. The van der Waals surface area contributed by atoms with Gasteiger partial charge in [0, 0.05) is 0 Å². The number of nitrogens with zero attached hydrogens (tertiary/aromatic N) is 1. The van der Waals surface area contributed by atoms with E-state index in [9.17, 15) is 9.59 Å². The van der Waals surface area contributed by atoms with Crippen molar-refractivity contribution in [1.29, 1.82) is 0 Å². The first-order valence-electron chi connectivity index (χ1n) is 3.55. The fourth-order valence-corrected chi connectivity index (χ4v) is 1.35. The molecule has 0 unspecified atom stereocenters. The van der Waals surface area contributed by atoms with Crippen LogP contribution in [0.25, 0.3) is 0 Å². The molecule has 0 atom stereocenters. The maximum absolute atomic E-state index is 10.6. The highest BCUT2D eigenvalue weighted by Crippen LogP contribution is 2.11.